The minimum absolute atomic E-state index is 0.338. The van der Waals surface area contributed by atoms with Crippen molar-refractivity contribution in [1.82, 2.24) is 19.9 Å². The van der Waals surface area contributed by atoms with Crippen molar-refractivity contribution in [2.45, 2.75) is 6.17 Å². The summed E-state index contributed by atoms with van der Waals surface area (Å²) < 4.78 is 3.47. The van der Waals surface area contributed by atoms with Crippen LogP contribution >= 0.6 is 11.3 Å². The quantitative estimate of drug-likeness (QED) is 0.216. The second kappa shape index (κ2) is 10.9. The minimum atomic E-state index is -0.338. The van der Waals surface area contributed by atoms with E-state index in [2.05, 4.69) is 117 Å². The number of hydrogen-bond donors (Lipinski definition) is 1. The molecule has 4 aromatic carbocycles. The van der Waals surface area contributed by atoms with E-state index in [1.807, 2.05) is 35.6 Å². The first-order valence-electron chi connectivity index (χ1n) is 15.2. The predicted octanol–water partition coefficient (Wildman–Crippen LogP) is 9.09. The van der Waals surface area contributed by atoms with Gasteiger partial charge in [-0.15, -0.1) is 11.3 Å². The zero-order valence-electron chi connectivity index (χ0n) is 24.6. The van der Waals surface area contributed by atoms with Gasteiger partial charge in [0.2, 0.25) is 5.96 Å². The molecule has 218 valence electrons. The number of para-hydroxylation sites is 1. The Labute approximate surface area is 269 Å². The average molecular weight is 611 g/mol. The van der Waals surface area contributed by atoms with Crippen molar-refractivity contribution in [3.8, 4) is 21.6 Å². The van der Waals surface area contributed by atoms with Crippen LogP contribution in [0.25, 0.3) is 53.5 Å². The smallest absolute Gasteiger partial charge is 0.234 e. The highest BCUT2D eigenvalue weighted by Gasteiger charge is 2.26. The molecule has 1 N–H and O–H groups in total. The number of hydrogen-bond acceptors (Lipinski definition) is 6. The maximum Gasteiger partial charge on any atom is 0.234 e. The topological polar surface area (TPSA) is 67.5 Å². The highest BCUT2D eigenvalue weighted by molar-refractivity contribution is 7.24. The molecule has 1 unspecified atom stereocenters. The Kier molecular flexibility index (Phi) is 6.28. The highest BCUT2D eigenvalue weighted by Crippen LogP contribution is 2.49. The van der Waals surface area contributed by atoms with E-state index in [9.17, 15) is 0 Å². The van der Waals surface area contributed by atoms with E-state index in [4.69, 9.17) is 9.98 Å². The molecule has 9 rings (SSSR count). The summed E-state index contributed by atoms with van der Waals surface area (Å²) in [6.07, 6.45) is 6.83. The molecule has 0 amide bonds. The standard InChI is InChI=1S/C39H26N6S/c1-3-9-25(10-4-1)33-30-15-16-32-34(36(30)46-35(33)26-11-5-2-6-12-26)29-13-7-8-14-31(29)45(32)39-43-37(27-17-21-40-22-18-27)42-38(44-39)28-19-23-41-24-20-28/h1-24,37H,(H,42,43,44). The van der Waals surface area contributed by atoms with Crippen LogP contribution in [-0.2, 0) is 0 Å². The third kappa shape index (κ3) is 4.32. The summed E-state index contributed by atoms with van der Waals surface area (Å²) in [5.74, 6) is 1.37. The summed E-state index contributed by atoms with van der Waals surface area (Å²) in [5.41, 5.74) is 7.78. The molecule has 0 saturated carbocycles. The van der Waals surface area contributed by atoms with Crippen LogP contribution in [0.15, 0.2) is 156 Å². The Hall–Kier alpha value is -5.92. The largest absolute Gasteiger partial charge is 0.344 e. The van der Waals surface area contributed by atoms with Gasteiger partial charge in [-0.05, 0) is 53.1 Å². The molecule has 8 aromatic rings. The third-order valence-electron chi connectivity index (χ3n) is 8.50. The average Bonchev–Trinajstić information content (AvgIpc) is 3.69. The lowest BCUT2D eigenvalue weighted by atomic mass is 9.98. The molecule has 0 fully saturated rings. The van der Waals surface area contributed by atoms with Crippen molar-refractivity contribution < 1.29 is 0 Å². The van der Waals surface area contributed by atoms with Gasteiger partial charge in [0.25, 0.3) is 0 Å². The Morgan fingerprint density at radius 3 is 2.02 bits per heavy atom. The van der Waals surface area contributed by atoms with Gasteiger partial charge in [-0.1, -0.05) is 84.9 Å². The van der Waals surface area contributed by atoms with Crippen molar-refractivity contribution >= 4 is 55.0 Å². The molecule has 0 spiro atoms. The molecule has 6 nitrogen and oxygen atoms in total. The van der Waals surface area contributed by atoms with E-state index in [1.165, 1.54) is 42.4 Å². The van der Waals surface area contributed by atoms with Gasteiger partial charge in [-0.3, -0.25) is 14.5 Å². The fraction of sp³-hybridized carbons (Fsp3) is 0.0256. The molecule has 1 aliphatic rings. The van der Waals surface area contributed by atoms with Gasteiger partial charge in [-0.25, -0.2) is 4.99 Å². The summed E-state index contributed by atoms with van der Waals surface area (Å²) in [6, 6.07) is 42.4. The summed E-state index contributed by atoms with van der Waals surface area (Å²) >= 11 is 1.86. The Balaban J connectivity index is 1.34. The number of rotatable bonds is 4. The number of fused-ring (bicyclic) bond motifs is 5. The first kappa shape index (κ1) is 26.5. The van der Waals surface area contributed by atoms with Crippen LogP contribution in [0.1, 0.15) is 17.3 Å². The molecule has 7 heteroatoms. The van der Waals surface area contributed by atoms with Gasteiger partial charge in [0.05, 0.1) is 11.0 Å². The van der Waals surface area contributed by atoms with Gasteiger partial charge in [0.15, 0.2) is 0 Å². The lowest BCUT2D eigenvalue weighted by Gasteiger charge is -2.24. The first-order chi connectivity index (χ1) is 22.8. The van der Waals surface area contributed by atoms with Crippen LogP contribution in [0.4, 0.5) is 0 Å². The first-order valence-corrected chi connectivity index (χ1v) is 16.0. The highest BCUT2D eigenvalue weighted by atomic mass is 32.1. The third-order valence-corrected chi connectivity index (χ3v) is 9.77. The molecular weight excluding hydrogens is 585 g/mol. The van der Waals surface area contributed by atoms with Crippen LogP contribution in [0.2, 0.25) is 0 Å². The van der Waals surface area contributed by atoms with Crippen molar-refractivity contribution in [3.63, 3.8) is 0 Å². The van der Waals surface area contributed by atoms with Crippen LogP contribution in [0, 0.1) is 0 Å². The van der Waals surface area contributed by atoms with Gasteiger partial charge in [0, 0.05) is 61.7 Å². The number of aliphatic imine (C=N–C) groups is 2. The summed E-state index contributed by atoms with van der Waals surface area (Å²) in [5, 5.41) is 7.17. The van der Waals surface area contributed by atoms with Gasteiger partial charge < -0.3 is 5.32 Å². The van der Waals surface area contributed by atoms with Crippen molar-refractivity contribution in [3.05, 3.63) is 157 Å². The van der Waals surface area contributed by atoms with Crippen LogP contribution < -0.4 is 5.32 Å². The molecular formula is C39H26N6S. The SMILES string of the molecule is c1ccc(-c2sc3c(ccc4c3c3ccccc3n4C3=NC(c4ccncc4)NC(c4ccncc4)=N3)c2-c2ccccc2)cc1. The van der Waals surface area contributed by atoms with Crippen LogP contribution in [0.5, 0.6) is 0 Å². The molecule has 0 bridgehead atoms. The lowest BCUT2D eigenvalue weighted by Crippen LogP contribution is -2.35. The van der Waals surface area contributed by atoms with E-state index in [0.29, 0.717) is 5.96 Å². The molecule has 1 atom stereocenters. The minimum Gasteiger partial charge on any atom is -0.344 e. The predicted molar refractivity (Wildman–Crippen MR) is 189 cm³/mol. The Morgan fingerprint density at radius 2 is 1.26 bits per heavy atom. The number of nitrogens with one attached hydrogen (secondary N) is 1. The van der Waals surface area contributed by atoms with Crippen molar-refractivity contribution in [1.29, 1.82) is 0 Å². The van der Waals surface area contributed by atoms with Crippen molar-refractivity contribution in [2.24, 2.45) is 9.98 Å². The second-order valence-corrected chi connectivity index (χ2v) is 12.2. The molecule has 4 aromatic heterocycles. The Bertz CT molecular complexity index is 2430. The zero-order chi connectivity index (χ0) is 30.5. The number of pyridine rings is 2. The fourth-order valence-corrected chi connectivity index (χ4v) is 7.80. The number of benzene rings is 4. The second-order valence-electron chi connectivity index (χ2n) is 11.2. The van der Waals surface area contributed by atoms with E-state index in [0.717, 1.165) is 28.0 Å². The lowest BCUT2D eigenvalue weighted by molar-refractivity contribution is 0.667. The van der Waals surface area contributed by atoms with Crippen molar-refractivity contribution in [2.75, 3.05) is 0 Å². The summed E-state index contributed by atoms with van der Waals surface area (Å²) in [6.45, 7) is 0. The molecule has 0 saturated heterocycles. The Morgan fingerprint density at radius 1 is 0.587 bits per heavy atom. The molecule has 0 aliphatic carbocycles. The molecule has 46 heavy (non-hydrogen) atoms. The summed E-state index contributed by atoms with van der Waals surface area (Å²) in [7, 11) is 0. The zero-order valence-corrected chi connectivity index (χ0v) is 25.4. The van der Waals surface area contributed by atoms with Crippen LogP contribution in [-0.4, -0.2) is 26.3 Å². The van der Waals surface area contributed by atoms with Gasteiger partial charge in [0.1, 0.15) is 12.0 Å². The maximum absolute atomic E-state index is 5.21. The molecule has 5 heterocycles. The monoisotopic (exact) mass is 610 g/mol. The van der Waals surface area contributed by atoms with Gasteiger partial charge in [-0.2, -0.15) is 4.99 Å². The molecule has 0 radical (unpaired) electrons. The maximum atomic E-state index is 5.21. The fourth-order valence-electron chi connectivity index (χ4n) is 6.41. The molecule has 1 aliphatic heterocycles. The van der Waals surface area contributed by atoms with E-state index < -0.39 is 0 Å². The summed E-state index contributed by atoms with van der Waals surface area (Å²) in [4.78, 5) is 20.1. The number of amidine groups is 1. The van der Waals surface area contributed by atoms with E-state index >= 15 is 0 Å². The van der Waals surface area contributed by atoms with Crippen LogP contribution in [0.3, 0.4) is 0 Å². The van der Waals surface area contributed by atoms with E-state index in [1.54, 1.807) is 24.8 Å². The number of aromatic nitrogens is 3. The normalized spacial score (nSPS) is 14.7. The number of nitrogens with zero attached hydrogens (tertiary/aromatic N) is 5. The van der Waals surface area contributed by atoms with Gasteiger partial charge >= 0.3 is 0 Å². The number of thiophene rings is 1. The van der Waals surface area contributed by atoms with E-state index in [-0.39, 0.29) is 6.17 Å².